The van der Waals surface area contributed by atoms with Gasteiger partial charge in [0.25, 0.3) is 0 Å². The maximum absolute atomic E-state index is 5.80. The highest BCUT2D eigenvalue weighted by Crippen LogP contribution is 2.09. The number of hydrogen-bond donors (Lipinski definition) is 1. The minimum Gasteiger partial charge on any atom is -0.370 e. The van der Waals surface area contributed by atoms with Crippen molar-refractivity contribution in [3.8, 4) is 0 Å². The summed E-state index contributed by atoms with van der Waals surface area (Å²) in [5.74, 6) is 3.16. The molecule has 1 fully saturated rings. The molecule has 0 spiro atoms. The zero-order valence-electron chi connectivity index (χ0n) is 7.62. The highest BCUT2D eigenvalue weighted by Gasteiger charge is 2.09. The lowest BCUT2D eigenvalue weighted by Gasteiger charge is -2.20. The zero-order valence-corrected chi connectivity index (χ0v) is 8.44. The predicted molar refractivity (Wildman–Crippen MR) is 55.7 cm³/mol. The second-order valence-corrected chi connectivity index (χ2v) is 4.01. The Morgan fingerprint density at radius 3 is 3.08 bits per heavy atom. The number of guanidine groups is 1. The van der Waals surface area contributed by atoms with Crippen molar-refractivity contribution in [1.82, 2.24) is 4.90 Å². The van der Waals surface area contributed by atoms with Crippen molar-refractivity contribution in [1.29, 1.82) is 0 Å². The van der Waals surface area contributed by atoms with Crippen LogP contribution in [0.4, 0.5) is 0 Å². The number of rotatable bonds is 1. The van der Waals surface area contributed by atoms with E-state index in [-0.39, 0.29) is 0 Å². The smallest absolute Gasteiger partial charge is 0.191 e. The molecule has 1 rings (SSSR count). The number of nitrogens with two attached hydrogens (primary N) is 1. The van der Waals surface area contributed by atoms with E-state index in [0.717, 1.165) is 25.6 Å². The van der Waals surface area contributed by atoms with Crippen LogP contribution < -0.4 is 5.73 Å². The highest BCUT2D eigenvalue weighted by atomic mass is 32.2. The minimum absolute atomic E-state index is 0.722. The average Bonchev–Trinajstić information content (AvgIpc) is 2.32. The SMILES string of the molecule is CCN=C(N)N1CCCSCC1. The van der Waals surface area contributed by atoms with Gasteiger partial charge in [0.15, 0.2) is 5.96 Å². The molecule has 2 N–H and O–H groups in total. The third-order valence-corrected chi connectivity index (χ3v) is 2.91. The van der Waals surface area contributed by atoms with Crippen molar-refractivity contribution >= 4 is 17.7 Å². The fourth-order valence-electron chi connectivity index (χ4n) is 1.24. The van der Waals surface area contributed by atoms with Gasteiger partial charge in [-0.1, -0.05) is 0 Å². The molecule has 1 aliphatic heterocycles. The molecule has 1 heterocycles. The van der Waals surface area contributed by atoms with E-state index in [1.54, 1.807) is 0 Å². The fraction of sp³-hybridized carbons (Fsp3) is 0.875. The van der Waals surface area contributed by atoms with Gasteiger partial charge in [-0.05, 0) is 19.1 Å². The van der Waals surface area contributed by atoms with Gasteiger partial charge in [-0.25, -0.2) is 0 Å². The quantitative estimate of drug-likeness (QED) is 0.487. The summed E-state index contributed by atoms with van der Waals surface area (Å²) in [5.41, 5.74) is 5.80. The maximum Gasteiger partial charge on any atom is 0.191 e. The van der Waals surface area contributed by atoms with E-state index in [0.29, 0.717) is 0 Å². The van der Waals surface area contributed by atoms with E-state index >= 15 is 0 Å². The van der Waals surface area contributed by atoms with Crippen molar-refractivity contribution < 1.29 is 0 Å². The molecular weight excluding hydrogens is 170 g/mol. The second-order valence-electron chi connectivity index (χ2n) is 2.79. The Morgan fingerprint density at radius 2 is 2.33 bits per heavy atom. The molecule has 0 radical (unpaired) electrons. The molecule has 0 unspecified atom stereocenters. The molecule has 0 aromatic rings. The third kappa shape index (κ3) is 2.93. The van der Waals surface area contributed by atoms with Crippen LogP contribution >= 0.6 is 11.8 Å². The zero-order chi connectivity index (χ0) is 8.81. The number of thioether (sulfide) groups is 1. The van der Waals surface area contributed by atoms with Crippen LogP contribution in [0.3, 0.4) is 0 Å². The summed E-state index contributed by atoms with van der Waals surface area (Å²) >= 11 is 2.00. The van der Waals surface area contributed by atoms with E-state index in [1.165, 1.54) is 17.9 Å². The van der Waals surface area contributed by atoms with Crippen LogP contribution in [0.1, 0.15) is 13.3 Å². The van der Waals surface area contributed by atoms with Crippen molar-refractivity contribution in [3.63, 3.8) is 0 Å². The molecule has 1 saturated heterocycles. The second kappa shape index (κ2) is 5.30. The molecule has 4 heteroatoms. The van der Waals surface area contributed by atoms with Crippen LogP contribution in [0.15, 0.2) is 4.99 Å². The molecule has 0 atom stereocenters. The lowest BCUT2D eigenvalue weighted by Crippen LogP contribution is -2.38. The first-order chi connectivity index (χ1) is 5.84. The summed E-state index contributed by atoms with van der Waals surface area (Å²) in [6.45, 7) is 4.93. The van der Waals surface area contributed by atoms with Crippen LogP contribution in [0.2, 0.25) is 0 Å². The van der Waals surface area contributed by atoms with Crippen molar-refractivity contribution in [2.75, 3.05) is 31.1 Å². The molecule has 3 nitrogen and oxygen atoms in total. The predicted octanol–water partition coefficient (Wildman–Crippen LogP) is 0.760. The Hall–Kier alpha value is -0.380. The van der Waals surface area contributed by atoms with Gasteiger partial charge in [0.2, 0.25) is 0 Å². The van der Waals surface area contributed by atoms with Crippen LogP contribution in [0.25, 0.3) is 0 Å². The molecule has 0 aromatic heterocycles. The Labute approximate surface area is 78.4 Å². The lowest BCUT2D eigenvalue weighted by atomic mass is 10.4. The largest absolute Gasteiger partial charge is 0.370 e. The number of hydrogen-bond acceptors (Lipinski definition) is 2. The van der Waals surface area contributed by atoms with E-state index in [1.807, 2.05) is 18.7 Å². The molecule has 12 heavy (non-hydrogen) atoms. The molecule has 1 aliphatic rings. The molecular formula is C8H17N3S. The highest BCUT2D eigenvalue weighted by molar-refractivity contribution is 7.99. The first-order valence-electron chi connectivity index (χ1n) is 4.47. The molecule has 0 bridgehead atoms. The molecule has 0 amide bonds. The first-order valence-corrected chi connectivity index (χ1v) is 5.62. The van der Waals surface area contributed by atoms with Crippen LogP contribution in [-0.2, 0) is 0 Å². The van der Waals surface area contributed by atoms with Gasteiger partial charge in [0.1, 0.15) is 0 Å². The van der Waals surface area contributed by atoms with Crippen molar-refractivity contribution in [3.05, 3.63) is 0 Å². The van der Waals surface area contributed by atoms with Crippen LogP contribution in [0.5, 0.6) is 0 Å². The Bertz CT molecular complexity index is 150. The summed E-state index contributed by atoms with van der Waals surface area (Å²) in [6.07, 6.45) is 1.23. The molecule has 0 aromatic carbocycles. The van der Waals surface area contributed by atoms with Gasteiger partial charge >= 0.3 is 0 Å². The van der Waals surface area contributed by atoms with Gasteiger partial charge in [0.05, 0.1) is 0 Å². The number of nitrogens with zero attached hydrogens (tertiary/aromatic N) is 2. The Balaban J connectivity index is 2.42. The summed E-state index contributed by atoms with van der Waals surface area (Å²) in [6, 6.07) is 0. The monoisotopic (exact) mass is 187 g/mol. The normalized spacial score (nSPS) is 20.8. The summed E-state index contributed by atoms with van der Waals surface area (Å²) in [5, 5.41) is 0. The summed E-state index contributed by atoms with van der Waals surface area (Å²) in [7, 11) is 0. The van der Waals surface area contributed by atoms with Gasteiger partial charge in [0, 0.05) is 25.4 Å². The van der Waals surface area contributed by atoms with Gasteiger partial charge in [-0.2, -0.15) is 11.8 Å². The standard InChI is InChI=1S/C8H17N3S/c1-2-10-8(9)11-4-3-6-12-7-5-11/h2-7H2,1H3,(H2,9,10). The first kappa shape index (κ1) is 9.71. The maximum atomic E-state index is 5.80. The third-order valence-electron chi connectivity index (χ3n) is 1.87. The van der Waals surface area contributed by atoms with E-state index < -0.39 is 0 Å². The van der Waals surface area contributed by atoms with E-state index in [9.17, 15) is 0 Å². The van der Waals surface area contributed by atoms with Crippen LogP contribution in [0, 0.1) is 0 Å². The van der Waals surface area contributed by atoms with Gasteiger partial charge < -0.3 is 10.6 Å². The Morgan fingerprint density at radius 1 is 1.50 bits per heavy atom. The molecule has 0 aliphatic carbocycles. The Kier molecular flexibility index (Phi) is 4.29. The van der Waals surface area contributed by atoms with E-state index in [2.05, 4.69) is 9.89 Å². The fourth-order valence-corrected chi connectivity index (χ4v) is 2.12. The van der Waals surface area contributed by atoms with E-state index in [4.69, 9.17) is 5.73 Å². The molecule has 0 saturated carbocycles. The molecule has 70 valence electrons. The van der Waals surface area contributed by atoms with Gasteiger partial charge in [-0.15, -0.1) is 0 Å². The minimum atomic E-state index is 0.722. The lowest BCUT2D eigenvalue weighted by molar-refractivity contribution is 0.444. The van der Waals surface area contributed by atoms with Gasteiger partial charge in [-0.3, -0.25) is 4.99 Å². The summed E-state index contributed by atoms with van der Waals surface area (Å²) in [4.78, 5) is 6.39. The van der Waals surface area contributed by atoms with Crippen molar-refractivity contribution in [2.24, 2.45) is 10.7 Å². The van der Waals surface area contributed by atoms with Crippen LogP contribution in [-0.4, -0.2) is 42.0 Å². The topological polar surface area (TPSA) is 41.6 Å². The number of aliphatic imine (C=N–C) groups is 1. The average molecular weight is 187 g/mol. The summed E-state index contributed by atoms with van der Waals surface area (Å²) < 4.78 is 0. The van der Waals surface area contributed by atoms with Crippen molar-refractivity contribution in [2.45, 2.75) is 13.3 Å².